The largest absolute Gasteiger partial charge is 0.457 e. The van der Waals surface area contributed by atoms with Gasteiger partial charge >= 0.3 is 0 Å². The van der Waals surface area contributed by atoms with E-state index in [1.165, 1.54) is 11.9 Å². The van der Waals surface area contributed by atoms with E-state index in [-0.39, 0.29) is 29.0 Å². The van der Waals surface area contributed by atoms with Gasteiger partial charge in [0.1, 0.15) is 23.0 Å². The van der Waals surface area contributed by atoms with Gasteiger partial charge in [0.15, 0.2) is 0 Å². The molecule has 232 valence electrons. The third kappa shape index (κ3) is 5.13. The number of ether oxygens (including phenoxy) is 2. The van der Waals surface area contributed by atoms with Crippen molar-refractivity contribution in [3.63, 3.8) is 0 Å². The van der Waals surface area contributed by atoms with E-state index in [4.69, 9.17) is 9.47 Å². The lowest BCUT2D eigenvalue weighted by Crippen LogP contribution is -2.29. The molecule has 0 aromatic heterocycles. The molecule has 8 nitrogen and oxygen atoms in total. The first-order chi connectivity index (χ1) is 22.5. The Morgan fingerprint density at radius 1 is 0.489 bits per heavy atom. The molecule has 0 atom stereocenters. The van der Waals surface area contributed by atoms with Crippen LogP contribution in [0, 0.1) is 6.92 Å². The van der Waals surface area contributed by atoms with Crippen molar-refractivity contribution in [3.8, 4) is 23.0 Å². The Kier molecular flexibility index (Phi) is 7.01. The van der Waals surface area contributed by atoms with Crippen molar-refractivity contribution in [2.45, 2.75) is 26.2 Å². The predicted molar refractivity (Wildman–Crippen MR) is 177 cm³/mol. The van der Waals surface area contributed by atoms with Gasteiger partial charge in [-0.15, -0.1) is 0 Å². The molecule has 47 heavy (non-hydrogen) atoms. The summed E-state index contributed by atoms with van der Waals surface area (Å²) in [6.07, 6.45) is 0. The van der Waals surface area contributed by atoms with Gasteiger partial charge in [0.25, 0.3) is 23.6 Å². The van der Waals surface area contributed by atoms with E-state index in [1.54, 1.807) is 48.5 Å². The molecule has 0 saturated heterocycles. The minimum atomic E-state index is -0.375. The molecule has 0 radical (unpaired) electrons. The highest BCUT2D eigenvalue weighted by atomic mass is 16.5. The third-order valence-corrected chi connectivity index (χ3v) is 8.83. The van der Waals surface area contributed by atoms with Crippen molar-refractivity contribution in [1.82, 2.24) is 4.90 Å². The van der Waals surface area contributed by atoms with Crippen LogP contribution in [0.4, 0.5) is 5.69 Å². The van der Waals surface area contributed by atoms with Crippen molar-refractivity contribution in [2.75, 3.05) is 11.9 Å². The van der Waals surface area contributed by atoms with Crippen molar-refractivity contribution < 1.29 is 28.7 Å². The lowest BCUT2D eigenvalue weighted by Gasteiger charge is -2.26. The second kappa shape index (κ2) is 11.1. The number of amides is 4. The van der Waals surface area contributed by atoms with E-state index in [9.17, 15) is 19.2 Å². The second-order valence-corrected chi connectivity index (χ2v) is 12.2. The van der Waals surface area contributed by atoms with Gasteiger partial charge in [-0.05, 0) is 90.8 Å². The maximum Gasteiger partial charge on any atom is 0.266 e. The van der Waals surface area contributed by atoms with E-state index in [0.717, 1.165) is 21.6 Å². The molecule has 2 heterocycles. The average Bonchev–Trinajstić information content (AvgIpc) is 3.44. The number of hydrogen-bond donors (Lipinski definition) is 0. The molecule has 0 saturated carbocycles. The fourth-order valence-corrected chi connectivity index (χ4v) is 5.93. The van der Waals surface area contributed by atoms with E-state index >= 15 is 0 Å². The van der Waals surface area contributed by atoms with Crippen molar-refractivity contribution in [2.24, 2.45) is 0 Å². The Labute approximate surface area is 271 Å². The molecule has 0 N–H and O–H groups in total. The zero-order chi connectivity index (χ0) is 33.0. The van der Waals surface area contributed by atoms with Crippen LogP contribution in [0.25, 0.3) is 0 Å². The molecular weight excluding hydrogens is 592 g/mol. The Morgan fingerprint density at radius 2 is 0.894 bits per heavy atom. The van der Waals surface area contributed by atoms with E-state index in [1.807, 2.05) is 67.6 Å². The van der Waals surface area contributed by atoms with Gasteiger partial charge in [-0.3, -0.25) is 24.1 Å². The van der Waals surface area contributed by atoms with Crippen molar-refractivity contribution in [3.05, 3.63) is 148 Å². The summed E-state index contributed by atoms with van der Waals surface area (Å²) in [6, 6.07) is 32.6. The standard InChI is InChI=1S/C39H30N2O6/c1-23-5-11-26(12-6-23)41-37(44)32-20-18-30(22-34(32)38(41)45)47-28-15-9-25(10-16-28)39(2,3)24-7-13-27(14-8-24)46-29-17-19-31-33(21-29)36(43)40(4)35(31)42/h5-22H,1-4H3. The topological polar surface area (TPSA) is 93.2 Å². The Balaban J connectivity index is 1.03. The third-order valence-electron chi connectivity index (χ3n) is 8.83. The quantitative estimate of drug-likeness (QED) is 0.171. The van der Waals surface area contributed by atoms with Crippen LogP contribution in [-0.2, 0) is 5.41 Å². The van der Waals surface area contributed by atoms with Crippen LogP contribution < -0.4 is 14.4 Å². The molecule has 0 spiro atoms. The number of benzene rings is 5. The summed E-state index contributed by atoms with van der Waals surface area (Å²) in [5.41, 5.74) is 4.73. The van der Waals surface area contributed by atoms with Crippen molar-refractivity contribution >= 4 is 29.3 Å². The van der Waals surface area contributed by atoms with Crippen LogP contribution in [0.1, 0.15) is 72.0 Å². The molecule has 8 heteroatoms. The molecule has 5 aromatic rings. The van der Waals surface area contributed by atoms with E-state index < -0.39 is 0 Å². The number of nitrogens with zero attached hydrogens (tertiary/aromatic N) is 2. The minimum Gasteiger partial charge on any atom is -0.457 e. The molecule has 0 unspecified atom stereocenters. The molecule has 7 rings (SSSR count). The Hall–Kier alpha value is -6.02. The molecule has 0 bridgehead atoms. The van der Waals surface area contributed by atoms with Gasteiger partial charge in [-0.2, -0.15) is 0 Å². The fraction of sp³-hybridized carbons (Fsp3) is 0.128. The maximum atomic E-state index is 13.2. The van der Waals surface area contributed by atoms with Gasteiger partial charge in [-0.25, -0.2) is 4.90 Å². The van der Waals surface area contributed by atoms with E-state index in [0.29, 0.717) is 50.9 Å². The summed E-state index contributed by atoms with van der Waals surface area (Å²) in [5.74, 6) is 0.765. The summed E-state index contributed by atoms with van der Waals surface area (Å²) in [4.78, 5) is 53.0. The normalized spacial score (nSPS) is 14.0. The first kappa shape index (κ1) is 29.7. The van der Waals surface area contributed by atoms with Crippen LogP contribution in [-0.4, -0.2) is 35.6 Å². The molecule has 0 fully saturated rings. The van der Waals surface area contributed by atoms with Gasteiger partial charge in [-0.1, -0.05) is 55.8 Å². The highest BCUT2D eigenvalue weighted by molar-refractivity contribution is 6.34. The lowest BCUT2D eigenvalue weighted by atomic mass is 9.78. The average molecular weight is 623 g/mol. The number of fused-ring (bicyclic) bond motifs is 2. The number of rotatable bonds is 7. The van der Waals surface area contributed by atoms with Crippen LogP contribution >= 0.6 is 0 Å². The monoisotopic (exact) mass is 622 g/mol. The molecular formula is C39H30N2O6. The minimum absolute atomic E-state index is 0.311. The molecule has 2 aliphatic rings. The number of carbonyl (C=O) groups excluding carboxylic acids is 4. The SMILES string of the molecule is Cc1ccc(N2C(=O)c3ccc(Oc4ccc(C(C)(C)c5ccc(Oc6ccc7c(c6)C(=O)N(C)C7=O)cc5)cc4)cc3C2=O)cc1. The summed E-state index contributed by atoms with van der Waals surface area (Å²) < 4.78 is 12.1. The Morgan fingerprint density at radius 3 is 1.40 bits per heavy atom. The summed E-state index contributed by atoms with van der Waals surface area (Å²) in [6.45, 7) is 6.20. The second-order valence-electron chi connectivity index (χ2n) is 12.2. The zero-order valence-corrected chi connectivity index (χ0v) is 26.2. The van der Waals surface area contributed by atoms with Crippen LogP contribution in [0.15, 0.2) is 109 Å². The number of hydrogen-bond acceptors (Lipinski definition) is 6. The molecule has 5 aromatic carbocycles. The molecule has 0 aliphatic carbocycles. The number of imide groups is 2. The fourth-order valence-electron chi connectivity index (χ4n) is 5.93. The van der Waals surface area contributed by atoms with Gasteiger partial charge in [0.05, 0.1) is 27.9 Å². The van der Waals surface area contributed by atoms with Crippen LogP contribution in [0.5, 0.6) is 23.0 Å². The molecule has 4 amide bonds. The van der Waals surface area contributed by atoms with Crippen LogP contribution in [0.3, 0.4) is 0 Å². The van der Waals surface area contributed by atoms with Crippen LogP contribution in [0.2, 0.25) is 0 Å². The maximum absolute atomic E-state index is 13.2. The highest BCUT2D eigenvalue weighted by Crippen LogP contribution is 2.36. The number of carbonyl (C=O) groups is 4. The summed E-state index contributed by atoms with van der Waals surface area (Å²) >= 11 is 0. The smallest absolute Gasteiger partial charge is 0.266 e. The van der Waals surface area contributed by atoms with Crippen molar-refractivity contribution in [1.29, 1.82) is 0 Å². The van der Waals surface area contributed by atoms with E-state index in [2.05, 4.69) is 13.8 Å². The summed E-state index contributed by atoms with van der Waals surface area (Å²) in [7, 11) is 1.47. The lowest BCUT2D eigenvalue weighted by molar-refractivity contribution is 0.0692. The predicted octanol–water partition coefficient (Wildman–Crippen LogP) is 7.93. The number of anilines is 1. The van der Waals surface area contributed by atoms with Gasteiger partial charge in [0.2, 0.25) is 0 Å². The first-order valence-electron chi connectivity index (χ1n) is 15.1. The summed E-state index contributed by atoms with van der Waals surface area (Å²) in [5, 5.41) is 0. The number of aryl methyl sites for hydroxylation is 1. The van der Waals surface area contributed by atoms with Gasteiger partial charge < -0.3 is 9.47 Å². The Bertz CT molecular complexity index is 2100. The first-order valence-corrected chi connectivity index (χ1v) is 15.1. The zero-order valence-electron chi connectivity index (χ0n) is 26.2. The molecule has 2 aliphatic heterocycles. The highest BCUT2D eigenvalue weighted by Gasteiger charge is 2.37. The van der Waals surface area contributed by atoms with Gasteiger partial charge in [0, 0.05) is 12.5 Å².